The Morgan fingerprint density at radius 2 is 2.28 bits per heavy atom. The first-order valence-electron chi connectivity index (χ1n) is 6.50. The van der Waals surface area contributed by atoms with E-state index >= 15 is 0 Å². The number of aromatic nitrogens is 2. The summed E-state index contributed by atoms with van der Waals surface area (Å²) in [5.74, 6) is 0. The predicted molar refractivity (Wildman–Crippen MR) is 73.5 cm³/mol. The molecule has 0 aliphatic heterocycles. The first kappa shape index (κ1) is 13.1. The highest BCUT2D eigenvalue weighted by Gasteiger charge is 2.01. The molecule has 0 aliphatic rings. The van der Waals surface area contributed by atoms with Gasteiger partial charge >= 0.3 is 0 Å². The summed E-state index contributed by atoms with van der Waals surface area (Å²) in [6.07, 6.45) is 3.22. The minimum Gasteiger partial charge on any atom is -0.379 e. The van der Waals surface area contributed by atoms with Crippen LogP contribution in [0.4, 0.5) is 0 Å². The van der Waals surface area contributed by atoms with Crippen LogP contribution in [0.25, 0.3) is 10.9 Å². The highest BCUT2D eigenvalue weighted by Crippen LogP contribution is 2.14. The van der Waals surface area contributed by atoms with Crippen molar-refractivity contribution in [3.8, 4) is 0 Å². The quantitative estimate of drug-likeness (QED) is 0.739. The Kier molecular flexibility index (Phi) is 4.73. The number of nitrogens with zero attached hydrogens (tertiary/aromatic N) is 1. The van der Waals surface area contributed by atoms with Crippen molar-refractivity contribution in [3.63, 3.8) is 0 Å². The number of para-hydroxylation sites is 1. The maximum Gasteiger partial charge on any atom is 0.0695 e. The molecule has 2 N–H and O–H groups in total. The molecule has 0 fully saturated rings. The Morgan fingerprint density at radius 1 is 1.39 bits per heavy atom. The van der Waals surface area contributed by atoms with Crippen LogP contribution >= 0.6 is 0 Å². The lowest BCUT2D eigenvalue weighted by Crippen LogP contribution is -2.17. The molecule has 1 aromatic heterocycles. The van der Waals surface area contributed by atoms with Crippen molar-refractivity contribution in [3.05, 3.63) is 30.0 Å². The fourth-order valence-electron chi connectivity index (χ4n) is 1.92. The molecule has 2 aromatic rings. The molecule has 0 atom stereocenters. The molecule has 0 unspecified atom stereocenters. The maximum absolute atomic E-state index is 5.50. The molecule has 1 heterocycles. The monoisotopic (exact) mass is 247 g/mol. The van der Waals surface area contributed by atoms with Crippen LogP contribution in [0.5, 0.6) is 0 Å². The van der Waals surface area contributed by atoms with E-state index in [2.05, 4.69) is 47.6 Å². The van der Waals surface area contributed by atoms with Crippen molar-refractivity contribution in [1.29, 1.82) is 0 Å². The zero-order valence-electron chi connectivity index (χ0n) is 11.1. The second-order valence-corrected chi connectivity index (χ2v) is 4.70. The summed E-state index contributed by atoms with van der Waals surface area (Å²) in [6.45, 7) is 6.77. The Morgan fingerprint density at radius 3 is 3.11 bits per heavy atom. The van der Waals surface area contributed by atoms with Crippen LogP contribution < -0.4 is 5.32 Å². The van der Waals surface area contributed by atoms with E-state index in [0.29, 0.717) is 6.10 Å². The SMILES string of the molecule is CC(C)OCCCNCc1cccc2cn[nH]c12. The number of fused-ring (bicyclic) bond motifs is 1. The largest absolute Gasteiger partial charge is 0.379 e. The van der Waals surface area contributed by atoms with Gasteiger partial charge in [0.25, 0.3) is 0 Å². The van der Waals surface area contributed by atoms with E-state index in [4.69, 9.17) is 4.74 Å². The average Bonchev–Trinajstić information content (AvgIpc) is 2.82. The van der Waals surface area contributed by atoms with Gasteiger partial charge in [0.05, 0.1) is 17.8 Å². The number of hydrogen-bond donors (Lipinski definition) is 2. The number of benzene rings is 1. The number of hydrogen-bond acceptors (Lipinski definition) is 3. The van der Waals surface area contributed by atoms with Crippen molar-refractivity contribution in [2.24, 2.45) is 0 Å². The summed E-state index contributed by atoms with van der Waals surface area (Å²) in [5, 5.41) is 11.7. The topological polar surface area (TPSA) is 49.9 Å². The van der Waals surface area contributed by atoms with Gasteiger partial charge in [-0.2, -0.15) is 5.10 Å². The van der Waals surface area contributed by atoms with Gasteiger partial charge in [-0.15, -0.1) is 0 Å². The van der Waals surface area contributed by atoms with Crippen LogP contribution in [0.1, 0.15) is 25.8 Å². The molecule has 4 nitrogen and oxygen atoms in total. The van der Waals surface area contributed by atoms with Crippen molar-refractivity contribution >= 4 is 10.9 Å². The summed E-state index contributed by atoms with van der Waals surface area (Å²) >= 11 is 0. The van der Waals surface area contributed by atoms with E-state index in [1.165, 1.54) is 5.56 Å². The third-order valence-electron chi connectivity index (χ3n) is 2.83. The average molecular weight is 247 g/mol. The van der Waals surface area contributed by atoms with Gasteiger partial charge in [0, 0.05) is 18.5 Å². The van der Waals surface area contributed by atoms with Gasteiger partial charge in [0.2, 0.25) is 0 Å². The highest BCUT2D eigenvalue weighted by molar-refractivity contribution is 5.81. The van der Waals surface area contributed by atoms with Crippen molar-refractivity contribution in [2.45, 2.75) is 32.9 Å². The zero-order chi connectivity index (χ0) is 12.8. The van der Waals surface area contributed by atoms with Gasteiger partial charge in [-0.3, -0.25) is 5.10 Å². The maximum atomic E-state index is 5.50. The summed E-state index contributed by atoms with van der Waals surface area (Å²) in [5.41, 5.74) is 2.39. The highest BCUT2D eigenvalue weighted by atomic mass is 16.5. The minimum atomic E-state index is 0.323. The first-order chi connectivity index (χ1) is 8.77. The number of nitrogens with one attached hydrogen (secondary N) is 2. The molecular weight excluding hydrogens is 226 g/mol. The Labute approximate surface area is 108 Å². The molecule has 1 aromatic carbocycles. The smallest absolute Gasteiger partial charge is 0.0695 e. The molecule has 0 aliphatic carbocycles. The molecule has 98 valence electrons. The van der Waals surface area contributed by atoms with Gasteiger partial charge < -0.3 is 10.1 Å². The number of rotatable bonds is 7. The molecule has 4 heteroatoms. The number of ether oxygens (including phenoxy) is 1. The molecule has 0 spiro atoms. The van der Waals surface area contributed by atoms with Crippen LogP contribution in [-0.4, -0.2) is 29.5 Å². The third kappa shape index (κ3) is 3.55. The van der Waals surface area contributed by atoms with Crippen LogP contribution in [-0.2, 0) is 11.3 Å². The normalized spacial score (nSPS) is 11.5. The van der Waals surface area contributed by atoms with Gasteiger partial charge in [-0.1, -0.05) is 18.2 Å². The molecule has 18 heavy (non-hydrogen) atoms. The van der Waals surface area contributed by atoms with E-state index in [0.717, 1.165) is 37.0 Å². The second-order valence-electron chi connectivity index (χ2n) is 4.70. The summed E-state index contributed by atoms with van der Waals surface area (Å²) in [4.78, 5) is 0. The fourth-order valence-corrected chi connectivity index (χ4v) is 1.92. The molecule has 0 saturated heterocycles. The zero-order valence-corrected chi connectivity index (χ0v) is 11.1. The van der Waals surface area contributed by atoms with E-state index in [9.17, 15) is 0 Å². The summed E-state index contributed by atoms with van der Waals surface area (Å²) < 4.78 is 5.50. The first-order valence-corrected chi connectivity index (χ1v) is 6.50. The van der Waals surface area contributed by atoms with Crippen LogP contribution in [0, 0.1) is 0 Å². The van der Waals surface area contributed by atoms with E-state index in [1.807, 2.05) is 6.20 Å². The van der Waals surface area contributed by atoms with Gasteiger partial charge in [0.1, 0.15) is 0 Å². The van der Waals surface area contributed by atoms with Crippen LogP contribution in [0.3, 0.4) is 0 Å². The molecule has 0 saturated carbocycles. The molecule has 0 bridgehead atoms. The van der Waals surface area contributed by atoms with E-state index in [1.54, 1.807) is 0 Å². The molecule has 0 radical (unpaired) electrons. The lowest BCUT2D eigenvalue weighted by molar-refractivity contribution is 0.0770. The van der Waals surface area contributed by atoms with Crippen molar-refractivity contribution in [1.82, 2.24) is 15.5 Å². The van der Waals surface area contributed by atoms with Gasteiger partial charge in [-0.05, 0) is 32.4 Å². The lowest BCUT2D eigenvalue weighted by atomic mass is 10.1. The number of aromatic amines is 1. The Bertz CT molecular complexity index is 479. The lowest BCUT2D eigenvalue weighted by Gasteiger charge is -2.08. The predicted octanol–water partition coefficient (Wildman–Crippen LogP) is 2.47. The van der Waals surface area contributed by atoms with Gasteiger partial charge in [-0.25, -0.2) is 0 Å². The third-order valence-corrected chi connectivity index (χ3v) is 2.83. The standard InChI is InChI=1S/C14H21N3O/c1-11(2)18-8-4-7-15-9-12-5-3-6-13-10-16-17-14(12)13/h3,5-6,10-11,15H,4,7-9H2,1-2H3,(H,16,17). The molecule has 0 amide bonds. The Balaban J connectivity index is 1.75. The number of H-pyrrole nitrogens is 1. The molecular formula is C14H21N3O. The molecule has 2 rings (SSSR count). The summed E-state index contributed by atoms with van der Waals surface area (Å²) in [6, 6.07) is 6.26. The second kappa shape index (κ2) is 6.52. The fraction of sp³-hybridized carbons (Fsp3) is 0.500. The summed E-state index contributed by atoms with van der Waals surface area (Å²) in [7, 11) is 0. The van der Waals surface area contributed by atoms with E-state index in [-0.39, 0.29) is 0 Å². The van der Waals surface area contributed by atoms with Crippen molar-refractivity contribution in [2.75, 3.05) is 13.2 Å². The van der Waals surface area contributed by atoms with E-state index < -0.39 is 0 Å². The van der Waals surface area contributed by atoms with Gasteiger partial charge in [0.15, 0.2) is 0 Å². The van der Waals surface area contributed by atoms with Crippen LogP contribution in [0.15, 0.2) is 24.4 Å². The minimum absolute atomic E-state index is 0.323. The van der Waals surface area contributed by atoms with Crippen molar-refractivity contribution < 1.29 is 4.74 Å². The Hall–Kier alpha value is -1.39. The van der Waals surface area contributed by atoms with Crippen LogP contribution in [0.2, 0.25) is 0 Å².